The Morgan fingerprint density at radius 2 is 1.90 bits per heavy atom. The molecule has 1 saturated carbocycles. The molecule has 0 bridgehead atoms. The van der Waals surface area contributed by atoms with Crippen LogP contribution in [0.4, 0.5) is 0 Å². The number of nitrogens with zero attached hydrogens (tertiary/aromatic N) is 1. The van der Waals surface area contributed by atoms with Crippen molar-refractivity contribution in [2.24, 2.45) is 5.41 Å². The van der Waals surface area contributed by atoms with Crippen molar-refractivity contribution in [3.8, 4) is 0 Å². The van der Waals surface area contributed by atoms with Crippen LogP contribution in [0.15, 0.2) is 0 Å². The largest absolute Gasteiger partial charge is 0.481 e. The average Bonchev–Trinajstić information content (AvgIpc) is 2.89. The molecule has 120 valence electrons. The predicted octanol–water partition coefficient (Wildman–Crippen LogP) is 0.858. The van der Waals surface area contributed by atoms with Crippen LogP contribution < -0.4 is 5.32 Å². The van der Waals surface area contributed by atoms with Gasteiger partial charge in [-0.3, -0.25) is 14.5 Å². The van der Waals surface area contributed by atoms with Gasteiger partial charge in [0.05, 0.1) is 18.6 Å². The zero-order valence-corrected chi connectivity index (χ0v) is 12.8. The number of carboxylic acids is 1. The summed E-state index contributed by atoms with van der Waals surface area (Å²) in [7, 11) is 0. The molecule has 1 aliphatic carbocycles. The molecule has 1 aliphatic heterocycles. The van der Waals surface area contributed by atoms with E-state index in [1.807, 2.05) is 6.92 Å². The Hall–Kier alpha value is -1.14. The van der Waals surface area contributed by atoms with E-state index in [0.717, 1.165) is 45.7 Å². The summed E-state index contributed by atoms with van der Waals surface area (Å²) in [5, 5.41) is 12.4. The van der Waals surface area contributed by atoms with Gasteiger partial charge in [0.25, 0.3) is 0 Å². The molecule has 0 aromatic rings. The van der Waals surface area contributed by atoms with Crippen LogP contribution in [0.3, 0.4) is 0 Å². The Morgan fingerprint density at radius 1 is 1.29 bits per heavy atom. The molecule has 6 nitrogen and oxygen atoms in total. The van der Waals surface area contributed by atoms with Crippen molar-refractivity contribution in [2.45, 2.75) is 45.1 Å². The molecule has 1 amide bonds. The first-order valence-electron chi connectivity index (χ1n) is 7.85. The number of hydrogen-bond donors (Lipinski definition) is 2. The SMILES string of the molecule is CC(CN1CCOCC1)NC(=O)CC1(C(=O)O)CCCC1. The maximum Gasteiger partial charge on any atom is 0.310 e. The molecule has 0 radical (unpaired) electrons. The summed E-state index contributed by atoms with van der Waals surface area (Å²) in [6, 6.07) is 0.0304. The first kappa shape index (κ1) is 16.2. The van der Waals surface area contributed by atoms with Crippen molar-refractivity contribution in [1.82, 2.24) is 10.2 Å². The Morgan fingerprint density at radius 3 is 2.48 bits per heavy atom. The fourth-order valence-corrected chi connectivity index (χ4v) is 3.37. The Kier molecular flexibility index (Phi) is 5.58. The van der Waals surface area contributed by atoms with E-state index in [9.17, 15) is 14.7 Å². The highest BCUT2D eigenvalue weighted by Gasteiger charge is 2.43. The van der Waals surface area contributed by atoms with Gasteiger partial charge in [0.2, 0.25) is 5.91 Å². The minimum Gasteiger partial charge on any atom is -0.481 e. The highest BCUT2D eigenvalue weighted by atomic mass is 16.5. The summed E-state index contributed by atoms with van der Waals surface area (Å²) < 4.78 is 5.30. The lowest BCUT2D eigenvalue weighted by Crippen LogP contribution is -2.47. The number of ether oxygens (including phenoxy) is 1. The normalized spacial score (nSPS) is 23.7. The van der Waals surface area contributed by atoms with Gasteiger partial charge in [-0.25, -0.2) is 0 Å². The van der Waals surface area contributed by atoms with E-state index in [1.54, 1.807) is 0 Å². The van der Waals surface area contributed by atoms with Gasteiger partial charge in [0.15, 0.2) is 0 Å². The third kappa shape index (κ3) is 4.41. The first-order valence-corrected chi connectivity index (χ1v) is 7.85. The standard InChI is InChI=1S/C15H26N2O4/c1-12(11-17-6-8-21-9-7-17)16-13(18)10-15(14(19)20)4-2-3-5-15/h12H,2-11H2,1H3,(H,16,18)(H,19,20). The molecule has 2 rings (SSSR count). The molecule has 1 unspecified atom stereocenters. The van der Waals surface area contributed by atoms with Gasteiger partial charge in [-0.1, -0.05) is 12.8 Å². The highest BCUT2D eigenvalue weighted by Crippen LogP contribution is 2.41. The predicted molar refractivity (Wildman–Crippen MR) is 78.0 cm³/mol. The molecule has 2 N–H and O–H groups in total. The summed E-state index contributed by atoms with van der Waals surface area (Å²) >= 11 is 0. The van der Waals surface area contributed by atoms with Crippen LogP contribution in [0.2, 0.25) is 0 Å². The van der Waals surface area contributed by atoms with Gasteiger partial charge in [0, 0.05) is 32.1 Å². The molecule has 1 saturated heterocycles. The van der Waals surface area contributed by atoms with Crippen molar-refractivity contribution < 1.29 is 19.4 Å². The van der Waals surface area contributed by atoms with E-state index >= 15 is 0 Å². The zero-order valence-electron chi connectivity index (χ0n) is 12.8. The number of morpholine rings is 1. The van der Waals surface area contributed by atoms with Crippen molar-refractivity contribution >= 4 is 11.9 Å². The van der Waals surface area contributed by atoms with Crippen molar-refractivity contribution in [3.63, 3.8) is 0 Å². The lowest BCUT2D eigenvalue weighted by atomic mass is 9.82. The van der Waals surface area contributed by atoms with E-state index < -0.39 is 11.4 Å². The van der Waals surface area contributed by atoms with Crippen LogP contribution in [0.25, 0.3) is 0 Å². The highest BCUT2D eigenvalue weighted by molar-refractivity contribution is 5.85. The lowest BCUT2D eigenvalue weighted by molar-refractivity contribution is -0.151. The number of aliphatic carboxylic acids is 1. The fraction of sp³-hybridized carbons (Fsp3) is 0.867. The van der Waals surface area contributed by atoms with Gasteiger partial charge >= 0.3 is 5.97 Å². The second-order valence-electron chi connectivity index (χ2n) is 6.35. The van der Waals surface area contributed by atoms with Crippen molar-refractivity contribution in [3.05, 3.63) is 0 Å². The van der Waals surface area contributed by atoms with Gasteiger partial charge in [-0.2, -0.15) is 0 Å². The molecular formula is C15H26N2O4. The maximum atomic E-state index is 12.1. The Balaban J connectivity index is 1.78. The second-order valence-corrected chi connectivity index (χ2v) is 6.35. The minimum atomic E-state index is -0.831. The van der Waals surface area contributed by atoms with Crippen LogP contribution >= 0.6 is 0 Å². The molecule has 2 aliphatic rings. The Bertz CT molecular complexity index is 374. The number of carboxylic acid groups (broad SMARTS) is 1. The quantitative estimate of drug-likeness (QED) is 0.760. The molecule has 6 heteroatoms. The fourth-order valence-electron chi connectivity index (χ4n) is 3.37. The molecule has 0 aromatic heterocycles. The first-order chi connectivity index (χ1) is 10.0. The minimum absolute atomic E-state index is 0.0304. The summed E-state index contributed by atoms with van der Waals surface area (Å²) in [6.45, 7) is 6.01. The van der Waals surface area contributed by atoms with E-state index in [0.29, 0.717) is 12.8 Å². The maximum absolute atomic E-state index is 12.1. The molecule has 1 heterocycles. The van der Waals surface area contributed by atoms with Crippen LogP contribution in [0.5, 0.6) is 0 Å². The van der Waals surface area contributed by atoms with E-state index in [-0.39, 0.29) is 18.4 Å². The van der Waals surface area contributed by atoms with Gasteiger partial charge < -0.3 is 15.2 Å². The summed E-state index contributed by atoms with van der Waals surface area (Å²) in [6.07, 6.45) is 3.16. The number of hydrogen-bond acceptors (Lipinski definition) is 4. The third-order valence-electron chi connectivity index (χ3n) is 4.56. The number of rotatable bonds is 6. The third-order valence-corrected chi connectivity index (χ3v) is 4.56. The number of carbonyl (C=O) groups excluding carboxylic acids is 1. The van der Waals surface area contributed by atoms with Gasteiger partial charge in [0.1, 0.15) is 0 Å². The summed E-state index contributed by atoms with van der Waals surface area (Å²) in [5.41, 5.74) is -0.831. The van der Waals surface area contributed by atoms with E-state index in [2.05, 4.69) is 10.2 Å². The van der Waals surface area contributed by atoms with Crippen LogP contribution in [-0.2, 0) is 14.3 Å². The molecule has 2 fully saturated rings. The topological polar surface area (TPSA) is 78.9 Å². The summed E-state index contributed by atoms with van der Waals surface area (Å²) in [5.74, 6) is -0.962. The van der Waals surface area contributed by atoms with Gasteiger partial charge in [-0.05, 0) is 19.8 Å². The molecule has 0 aromatic carbocycles. The molecule has 1 atom stereocenters. The molecular weight excluding hydrogens is 272 g/mol. The monoisotopic (exact) mass is 298 g/mol. The van der Waals surface area contributed by atoms with Crippen molar-refractivity contribution in [2.75, 3.05) is 32.8 Å². The van der Waals surface area contributed by atoms with Crippen LogP contribution in [0.1, 0.15) is 39.0 Å². The molecule has 21 heavy (non-hydrogen) atoms. The second kappa shape index (κ2) is 7.22. The smallest absolute Gasteiger partial charge is 0.310 e. The number of amides is 1. The molecule has 0 spiro atoms. The Labute approximate surface area is 125 Å². The number of carbonyl (C=O) groups is 2. The van der Waals surface area contributed by atoms with Crippen LogP contribution in [-0.4, -0.2) is 60.8 Å². The summed E-state index contributed by atoms with van der Waals surface area (Å²) in [4.78, 5) is 25.9. The number of nitrogens with one attached hydrogen (secondary N) is 1. The lowest BCUT2D eigenvalue weighted by Gasteiger charge is -2.30. The van der Waals surface area contributed by atoms with E-state index in [4.69, 9.17) is 4.74 Å². The van der Waals surface area contributed by atoms with E-state index in [1.165, 1.54) is 0 Å². The van der Waals surface area contributed by atoms with Crippen molar-refractivity contribution in [1.29, 1.82) is 0 Å². The van der Waals surface area contributed by atoms with Crippen LogP contribution in [0, 0.1) is 5.41 Å². The van der Waals surface area contributed by atoms with Gasteiger partial charge in [-0.15, -0.1) is 0 Å². The zero-order chi connectivity index (χ0) is 15.3. The average molecular weight is 298 g/mol.